The maximum absolute atomic E-state index is 6.07. The lowest BCUT2D eigenvalue weighted by Crippen LogP contribution is -2.18. The number of nitrogens with two attached hydrogens (primary N) is 1. The van der Waals surface area contributed by atoms with Crippen molar-refractivity contribution in [2.24, 2.45) is 12.8 Å². The van der Waals surface area contributed by atoms with Crippen LogP contribution in [0.3, 0.4) is 0 Å². The number of hydrogen-bond acceptors (Lipinski definition) is 3. The summed E-state index contributed by atoms with van der Waals surface area (Å²) in [5.41, 5.74) is 6.61. The van der Waals surface area contributed by atoms with Crippen LogP contribution in [0.4, 0.5) is 0 Å². The normalized spacial score (nSPS) is 12.4. The van der Waals surface area contributed by atoms with Crippen LogP contribution >= 0.6 is 23.2 Å². The first-order valence-corrected chi connectivity index (χ1v) is 6.16. The Balaban J connectivity index is 2.23. The molecule has 0 aliphatic carbocycles. The lowest BCUT2D eigenvalue weighted by atomic mass is 10.2. The van der Waals surface area contributed by atoms with E-state index in [1.54, 1.807) is 29.1 Å². The zero-order valence-electron chi connectivity index (χ0n) is 9.81. The first-order chi connectivity index (χ1) is 8.61. The van der Waals surface area contributed by atoms with Crippen LogP contribution < -0.4 is 10.5 Å². The number of halogens is 2. The van der Waals surface area contributed by atoms with E-state index in [1.807, 2.05) is 13.2 Å². The van der Waals surface area contributed by atoms with Crippen LogP contribution in [0.5, 0.6) is 5.75 Å². The third-order valence-electron chi connectivity index (χ3n) is 2.50. The summed E-state index contributed by atoms with van der Waals surface area (Å²) in [5.74, 6) is 0.517. The lowest BCUT2D eigenvalue weighted by molar-refractivity contribution is 0.214. The fourth-order valence-corrected chi connectivity index (χ4v) is 1.92. The fourth-order valence-electron chi connectivity index (χ4n) is 1.59. The summed E-state index contributed by atoms with van der Waals surface area (Å²) in [4.78, 5) is 0. The van der Waals surface area contributed by atoms with Gasteiger partial charge in [0, 0.05) is 25.4 Å². The highest BCUT2D eigenvalue weighted by Gasteiger charge is 2.15. The number of ether oxygens (including phenoxy) is 1. The number of hydrogen-bond donors (Lipinski definition) is 1. The number of benzene rings is 1. The summed E-state index contributed by atoms with van der Waals surface area (Å²) in [5, 5.41) is 4.93. The molecule has 0 spiro atoms. The third-order valence-corrected chi connectivity index (χ3v) is 3.30. The van der Waals surface area contributed by atoms with Crippen molar-refractivity contribution in [2.45, 2.75) is 6.10 Å². The van der Waals surface area contributed by atoms with Crippen molar-refractivity contribution in [3.63, 3.8) is 0 Å². The predicted molar refractivity (Wildman–Crippen MR) is 72.1 cm³/mol. The standard InChI is InChI=1S/C12H13Cl2N3O/c1-17-7-8(6-16-17)11(5-15)18-10-4-2-3-9(13)12(10)14/h2-4,6-7,11H,5,15H2,1H3. The van der Waals surface area contributed by atoms with Crippen LogP contribution in [0, 0.1) is 0 Å². The Hall–Kier alpha value is -1.23. The van der Waals surface area contributed by atoms with Crippen LogP contribution in [0.1, 0.15) is 11.7 Å². The number of aryl methyl sites for hydroxylation is 1. The van der Waals surface area contributed by atoms with Crippen LogP contribution in [-0.2, 0) is 7.05 Å². The molecule has 2 rings (SSSR count). The quantitative estimate of drug-likeness (QED) is 0.940. The van der Waals surface area contributed by atoms with Gasteiger partial charge in [-0.3, -0.25) is 4.68 Å². The molecular formula is C12H13Cl2N3O. The fraction of sp³-hybridized carbons (Fsp3) is 0.250. The number of rotatable bonds is 4. The zero-order valence-corrected chi connectivity index (χ0v) is 11.3. The average Bonchev–Trinajstić information content (AvgIpc) is 2.78. The van der Waals surface area contributed by atoms with Gasteiger partial charge in [-0.25, -0.2) is 0 Å². The van der Waals surface area contributed by atoms with Crippen molar-refractivity contribution in [2.75, 3.05) is 6.54 Å². The topological polar surface area (TPSA) is 53.1 Å². The van der Waals surface area contributed by atoms with Crippen molar-refractivity contribution >= 4 is 23.2 Å². The Morgan fingerprint density at radius 2 is 2.22 bits per heavy atom. The van der Waals surface area contributed by atoms with Crippen LogP contribution in [0.15, 0.2) is 30.6 Å². The SMILES string of the molecule is Cn1cc(C(CN)Oc2cccc(Cl)c2Cl)cn1. The Kier molecular flexibility index (Phi) is 4.11. The lowest BCUT2D eigenvalue weighted by Gasteiger charge is -2.17. The molecule has 18 heavy (non-hydrogen) atoms. The maximum atomic E-state index is 6.07. The second-order valence-electron chi connectivity index (χ2n) is 3.84. The van der Waals surface area contributed by atoms with Gasteiger partial charge in [0.25, 0.3) is 0 Å². The minimum atomic E-state index is -0.297. The first-order valence-electron chi connectivity index (χ1n) is 5.41. The molecule has 0 saturated carbocycles. The third kappa shape index (κ3) is 2.77. The van der Waals surface area contributed by atoms with Gasteiger partial charge >= 0.3 is 0 Å². The van der Waals surface area contributed by atoms with E-state index in [0.29, 0.717) is 22.3 Å². The van der Waals surface area contributed by atoms with Crippen LogP contribution in [-0.4, -0.2) is 16.3 Å². The zero-order chi connectivity index (χ0) is 13.1. The molecule has 6 heteroatoms. The summed E-state index contributed by atoms with van der Waals surface area (Å²) in [7, 11) is 1.84. The highest BCUT2D eigenvalue weighted by molar-refractivity contribution is 6.42. The number of aromatic nitrogens is 2. The van der Waals surface area contributed by atoms with Gasteiger partial charge in [-0.2, -0.15) is 5.10 Å². The second kappa shape index (κ2) is 5.61. The molecule has 1 aromatic heterocycles. The van der Waals surface area contributed by atoms with Gasteiger partial charge in [0.2, 0.25) is 0 Å². The summed E-state index contributed by atoms with van der Waals surface area (Å²) in [6.07, 6.45) is 3.28. The molecular weight excluding hydrogens is 273 g/mol. The molecule has 1 aromatic carbocycles. The molecule has 1 heterocycles. The van der Waals surface area contributed by atoms with E-state index in [2.05, 4.69) is 5.10 Å². The molecule has 0 aliphatic heterocycles. The molecule has 0 radical (unpaired) electrons. The van der Waals surface area contributed by atoms with Crippen LogP contribution in [0.25, 0.3) is 0 Å². The molecule has 0 aliphatic rings. The number of nitrogens with zero attached hydrogens (tertiary/aromatic N) is 2. The smallest absolute Gasteiger partial charge is 0.140 e. The van der Waals surface area contributed by atoms with E-state index in [1.165, 1.54) is 0 Å². The van der Waals surface area contributed by atoms with E-state index < -0.39 is 0 Å². The van der Waals surface area contributed by atoms with Gasteiger partial charge in [-0.15, -0.1) is 0 Å². The van der Waals surface area contributed by atoms with E-state index in [4.69, 9.17) is 33.7 Å². The first kappa shape index (κ1) is 13.2. The Morgan fingerprint density at radius 1 is 1.44 bits per heavy atom. The Morgan fingerprint density at radius 3 is 2.83 bits per heavy atom. The maximum Gasteiger partial charge on any atom is 0.140 e. The van der Waals surface area contributed by atoms with Crippen LogP contribution in [0.2, 0.25) is 10.0 Å². The van der Waals surface area contributed by atoms with E-state index in [9.17, 15) is 0 Å². The highest BCUT2D eigenvalue weighted by Crippen LogP contribution is 2.34. The molecule has 0 fully saturated rings. The molecule has 0 amide bonds. The predicted octanol–water partition coefficient (Wildman–Crippen LogP) is 2.81. The van der Waals surface area contributed by atoms with Crippen molar-refractivity contribution in [3.8, 4) is 5.75 Å². The monoisotopic (exact) mass is 285 g/mol. The van der Waals surface area contributed by atoms with E-state index >= 15 is 0 Å². The molecule has 0 saturated heterocycles. The Bertz CT molecular complexity index is 542. The Labute approximate surface area is 115 Å². The van der Waals surface area contributed by atoms with Crippen molar-refractivity contribution in [3.05, 3.63) is 46.2 Å². The van der Waals surface area contributed by atoms with Gasteiger partial charge in [0.15, 0.2) is 0 Å². The minimum Gasteiger partial charge on any atom is -0.483 e. The van der Waals surface area contributed by atoms with E-state index in [-0.39, 0.29) is 6.10 Å². The molecule has 96 valence electrons. The molecule has 4 nitrogen and oxygen atoms in total. The van der Waals surface area contributed by atoms with Gasteiger partial charge in [0.05, 0.1) is 11.2 Å². The summed E-state index contributed by atoms with van der Waals surface area (Å²) >= 11 is 12.0. The van der Waals surface area contributed by atoms with Crippen molar-refractivity contribution in [1.29, 1.82) is 0 Å². The largest absolute Gasteiger partial charge is 0.483 e. The highest BCUT2D eigenvalue weighted by atomic mass is 35.5. The summed E-state index contributed by atoms with van der Waals surface area (Å²) in [6.45, 7) is 0.328. The molecule has 1 atom stereocenters. The molecule has 1 unspecified atom stereocenters. The average molecular weight is 286 g/mol. The van der Waals surface area contributed by atoms with Gasteiger partial charge in [0.1, 0.15) is 16.9 Å². The summed E-state index contributed by atoms with van der Waals surface area (Å²) in [6, 6.07) is 5.24. The molecule has 2 N–H and O–H groups in total. The minimum absolute atomic E-state index is 0.297. The second-order valence-corrected chi connectivity index (χ2v) is 4.63. The van der Waals surface area contributed by atoms with Gasteiger partial charge < -0.3 is 10.5 Å². The van der Waals surface area contributed by atoms with Gasteiger partial charge in [-0.05, 0) is 12.1 Å². The van der Waals surface area contributed by atoms with Crippen molar-refractivity contribution < 1.29 is 4.74 Å². The van der Waals surface area contributed by atoms with E-state index in [0.717, 1.165) is 5.56 Å². The molecule has 0 bridgehead atoms. The summed E-state index contributed by atoms with van der Waals surface area (Å²) < 4.78 is 7.48. The molecule has 2 aromatic rings. The van der Waals surface area contributed by atoms with Crippen molar-refractivity contribution in [1.82, 2.24) is 9.78 Å². The van der Waals surface area contributed by atoms with Gasteiger partial charge in [-0.1, -0.05) is 29.3 Å².